The molecule has 2 rings (SSSR count). The lowest BCUT2D eigenvalue weighted by atomic mass is 10.0. The Morgan fingerprint density at radius 2 is 1.23 bits per heavy atom. The van der Waals surface area contributed by atoms with Crippen LogP contribution in [0.5, 0.6) is 17.2 Å². The Hall–Kier alpha value is -2.82. The summed E-state index contributed by atoms with van der Waals surface area (Å²) in [5.41, 5.74) is 1.25. The number of hydrogen-bond acceptors (Lipinski definition) is 5. The minimum absolute atomic E-state index is 0.0304. The molecule has 5 heteroatoms. The Labute approximate surface area is 153 Å². The topological polar surface area (TPSA) is 61.8 Å². The lowest BCUT2D eigenvalue weighted by Crippen LogP contribution is -2.02. The van der Waals surface area contributed by atoms with Gasteiger partial charge in [0.2, 0.25) is 0 Å². The minimum atomic E-state index is 0.0304. The number of hydrogen-bond donors (Lipinski definition) is 0. The number of carbonyl (C=O) groups excluding carboxylic acids is 2. The maximum atomic E-state index is 12.3. The van der Waals surface area contributed by atoms with E-state index in [0.717, 1.165) is 5.75 Å². The Morgan fingerprint density at radius 1 is 0.692 bits per heavy atom. The van der Waals surface area contributed by atoms with Gasteiger partial charge in [-0.25, -0.2) is 0 Å². The zero-order valence-electron chi connectivity index (χ0n) is 15.4. The molecule has 0 unspecified atom stereocenters. The van der Waals surface area contributed by atoms with E-state index in [1.165, 1.54) is 7.11 Å². The van der Waals surface area contributed by atoms with Crippen molar-refractivity contribution < 1.29 is 23.8 Å². The summed E-state index contributed by atoms with van der Waals surface area (Å²) >= 11 is 0. The van der Waals surface area contributed by atoms with E-state index in [1.54, 1.807) is 56.7 Å². The van der Waals surface area contributed by atoms with E-state index in [9.17, 15) is 9.59 Å². The van der Waals surface area contributed by atoms with Crippen molar-refractivity contribution in [1.29, 1.82) is 0 Å². The predicted octanol–water partition coefficient (Wildman–Crippen LogP) is 4.34. The molecular weight excluding hydrogens is 332 g/mol. The normalized spacial score (nSPS) is 10.3. The largest absolute Gasteiger partial charge is 0.497 e. The molecule has 0 bridgehead atoms. The molecule has 26 heavy (non-hydrogen) atoms. The quantitative estimate of drug-likeness (QED) is 0.468. The first-order chi connectivity index (χ1) is 12.6. The second kappa shape index (κ2) is 9.61. The van der Waals surface area contributed by atoms with Gasteiger partial charge in [0.25, 0.3) is 0 Å². The smallest absolute Gasteiger partial charge is 0.163 e. The Morgan fingerprint density at radius 3 is 1.77 bits per heavy atom. The summed E-state index contributed by atoms with van der Waals surface area (Å²) < 4.78 is 15.5. The number of methoxy groups -OCH3 is 3. The molecule has 5 nitrogen and oxygen atoms in total. The highest BCUT2D eigenvalue weighted by Crippen LogP contribution is 2.28. The fraction of sp³-hybridized carbons (Fsp3) is 0.333. The van der Waals surface area contributed by atoms with Gasteiger partial charge >= 0.3 is 0 Å². The molecule has 138 valence electrons. The predicted molar refractivity (Wildman–Crippen MR) is 99.7 cm³/mol. The summed E-state index contributed by atoms with van der Waals surface area (Å²) in [7, 11) is 4.68. The van der Waals surface area contributed by atoms with Crippen molar-refractivity contribution in [2.24, 2.45) is 0 Å². The second-order valence-electron chi connectivity index (χ2n) is 5.85. The van der Waals surface area contributed by atoms with Gasteiger partial charge in [0.1, 0.15) is 5.75 Å². The van der Waals surface area contributed by atoms with Gasteiger partial charge in [-0.1, -0.05) is 0 Å². The second-order valence-corrected chi connectivity index (χ2v) is 5.85. The average molecular weight is 356 g/mol. The van der Waals surface area contributed by atoms with Crippen LogP contribution in [-0.4, -0.2) is 32.9 Å². The first-order valence-electron chi connectivity index (χ1n) is 8.51. The standard InChI is InChI=1S/C21H24O5/c1-24-17-11-8-15(9-12-17)18(22)6-4-5-7-19(23)16-10-13-20(25-2)21(14-16)26-3/h8-14H,4-7H2,1-3H3. The van der Waals surface area contributed by atoms with Gasteiger partial charge < -0.3 is 14.2 Å². The molecule has 0 aliphatic carbocycles. The van der Waals surface area contributed by atoms with Crippen molar-refractivity contribution >= 4 is 11.6 Å². The van der Waals surface area contributed by atoms with Crippen LogP contribution in [0.15, 0.2) is 42.5 Å². The minimum Gasteiger partial charge on any atom is -0.497 e. The number of ketones is 2. The number of carbonyl (C=O) groups is 2. The van der Waals surface area contributed by atoms with Crippen molar-refractivity contribution in [2.75, 3.05) is 21.3 Å². The van der Waals surface area contributed by atoms with Crippen LogP contribution in [0.2, 0.25) is 0 Å². The molecule has 0 fully saturated rings. The van der Waals surface area contributed by atoms with Gasteiger partial charge in [-0.3, -0.25) is 9.59 Å². The van der Waals surface area contributed by atoms with Crippen LogP contribution in [0.3, 0.4) is 0 Å². The van der Waals surface area contributed by atoms with E-state index in [4.69, 9.17) is 14.2 Å². The zero-order valence-corrected chi connectivity index (χ0v) is 15.4. The molecule has 0 aliphatic heterocycles. The van der Waals surface area contributed by atoms with Gasteiger partial charge in [0.05, 0.1) is 21.3 Å². The monoisotopic (exact) mass is 356 g/mol. The van der Waals surface area contributed by atoms with Crippen LogP contribution in [0, 0.1) is 0 Å². The van der Waals surface area contributed by atoms with Crippen LogP contribution >= 0.6 is 0 Å². The Kier molecular flexibility index (Phi) is 7.21. The van der Waals surface area contributed by atoms with Crippen LogP contribution in [0.1, 0.15) is 46.4 Å². The van der Waals surface area contributed by atoms with E-state index in [-0.39, 0.29) is 11.6 Å². The van der Waals surface area contributed by atoms with Gasteiger partial charge in [-0.2, -0.15) is 0 Å². The third-order valence-electron chi connectivity index (χ3n) is 4.18. The number of ether oxygens (including phenoxy) is 3. The summed E-state index contributed by atoms with van der Waals surface area (Å²) in [6, 6.07) is 12.2. The lowest BCUT2D eigenvalue weighted by Gasteiger charge is -2.09. The van der Waals surface area contributed by atoms with E-state index >= 15 is 0 Å². The van der Waals surface area contributed by atoms with E-state index in [0.29, 0.717) is 48.3 Å². The number of rotatable bonds is 10. The highest BCUT2D eigenvalue weighted by atomic mass is 16.5. The van der Waals surface area contributed by atoms with Crippen molar-refractivity contribution in [3.63, 3.8) is 0 Å². The summed E-state index contributed by atoms with van der Waals surface area (Å²) in [6.07, 6.45) is 2.15. The summed E-state index contributed by atoms with van der Waals surface area (Å²) in [5.74, 6) is 1.96. The SMILES string of the molecule is COc1ccc(C(=O)CCCCC(=O)c2ccc(OC)c(OC)c2)cc1. The van der Waals surface area contributed by atoms with Crippen LogP contribution in [0.25, 0.3) is 0 Å². The van der Waals surface area contributed by atoms with Crippen LogP contribution in [-0.2, 0) is 0 Å². The summed E-state index contributed by atoms with van der Waals surface area (Å²) in [4.78, 5) is 24.5. The maximum Gasteiger partial charge on any atom is 0.163 e. The molecule has 0 spiro atoms. The molecule has 0 saturated heterocycles. The molecule has 2 aromatic rings. The summed E-state index contributed by atoms with van der Waals surface area (Å²) in [5, 5.41) is 0. The Bertz CT molecular complexity index is 749. The van der Waals surface area contributed by atoms with E-state index < -0.39 is 0 Å². The Balaban J connectivity index is 1.81. The average Bonchev–Trinajstić information content (AvgIpc) is 2.70. The fourth-order valence-electron chi connectivity index (χ4n) is 2.65. The number of benzene rings is 2. The number of unbranched alkanes of at least 4 members (excludes halogenated alkanes) is 1. The van der Waals surface area contributed by atoms with Gasteiger partial charge in [-0.15, -0.1) is 0 Å². The van der Waals surface area contributed by atoms with Crippen molar-refractivity contribution in [2.45, 2.75) is 25.7 Å². The van der Waals surface area contributed by atoms with Gasteiger partial charge in [0.15, 0.2) is 23.1 Å². The highest BCUT2D eigenvalue weighted by molar-refractivity contribution is 5.97. The molecule has 0 N–H and O–H groups in total. The molecule has 0 aromatic heterocycles. The van der Waals surface area contributed by atoms with Gasteiger partial charge in [-0.05, 0) is 55.3 Å². The molecule has 0 aliphatic rings. The zero-order chi connectivity index (χ0) is 18.9. The fourth-order valence-corrected chi connectivity index (χ4v) is 2.65. The molecule has 0 saturated carbocycles. The molecular formula is C21H24O5. The van der Waals surface area contributed by atoms with Gasteiger partial charge in [0, 0.05) is 24.0 Å². The lowest BCUT2D eigenvalue weighted by molar-refractivity contribution is 0.0954. The van der Waals surface area contributed by atoms with Crippen LogP contribution < -0.4 is 14.2 Å². The first-order valence-corrected chi connectivity index (χ1v) is 8.51. The molecule has 0 radical (unpaired) electrons. The van der Waals surface area contributed by atoms with Crippen molar-refractivity contribution in [3.05, 3.63) is 53.6 Å². The number of Topliss-reactive ketones (excluding diaryl/α,β-unsaturated/α-hetero) is 2. The molecule has 0 heterocycles. The third-order valence-corrected chi connectivity index (χ3v) is 4.18. The highest BCUT2D eigenvalue weighted by Gasteiger charge is 2.11. The van der Waals surface area contributed by atoms with Crippen molar-refractivity contribution in [3.8, 4) is 17.2 Å². The van der Waals surface area contributed by atoms with E-state index in [1.807, 2.05) is 0 Å². The third kappa shape index (κ3) is 5.09. The molecule has 0 amide bonds. The maximum absolute atomic E-state index is 12.3. The van der Waals surface area contributed by atoms with E-state index in [2.05, 4.69) is 0 Å². The molecule has 0 atom stereocenters. The summed E-state index contributed by atoms with van der Waals surface area (Å²) in [6.45, 7) is 0. The molecule has 2 aromatic carbocycles. The first kappa shape index (κ1) is 19.5. The van der Waals surface area contributed by atoms with Crippen LogP contribution in [0.4, 0.5) is 0 Å². The van der Waals surface area contributed by atoms with Crippen molar-refractivity contribution in [1.82, 2.24) is 0 Å².